The molecule has 19 heavy (non-hydrogen) atoms. The van der Waals surface area contributed by atoms with Gasteiger partial charge < -0.3 is 4.74 Å². The minimum atomic E-state index is -0.177. The molecule has 0 aliphatic heterocycles. The van der Waals surface area contributed by atoms with E-state index >= 15 is 0 Å². The van der Waals surface area contributed by atoms with Crippen LogP contribution in [0.15, 0.2) is 30.3 Å². The zero-order chi connectivity index (χ0) is 13.7. The molecule has 0 saturated carbocycles. The van der Waals surface area contributed by atoms with E-state index in [9.17, 15) is 4.79 Å². The predicted octanol–water partition coefficient (Wildman–Crippen LogP) is 1.89. The number of nitrogens with zero attached hydrogens (tertiary/aromatic N) is 2. The first-order valence-electron chi connectivity index (χ1n) is 5.82. The molecule has 1 heterocycles. The second kappa shape index (κ2) is 5.83. The lowest BCUT2D eigenvalue weighted by Crippen LogP contribution is -2.10. The minimum Gasteiger partial charge on any atom is -0.467 e. The summed E-state index contributed by atoms with van der Waals surface area (Å²) in [5.74, 6) is -0.177. The van der Waals surface area contributed by atoms with Crippen molar-refractivity contribution in [1.82, 2.24) is 10.2 Å². The summed E-state index contributed by atoms with van der Waals surface area (Å²) in [5, 5.41) is 16.0. The van der Waals surface area contributed by atoms with Gasteiger partial charge in [0.15, 0.2) is 0 Å². The molecule has 0 aliphatic carbocycles. The molecular weight excluding hydrogens is 242 g/mol. The van der Waals surface area contributed by atoms with Gasteiger partial charge in [-0.3, -0.25) is 9.89 Å². The smallest absolute Gasteiger partial charge is 0.293 e. The monoisotopic (exact) mass is 255 g/mol. The quantitative estimate of drug-likeness (QED) is 0.827. The van der Waals surface area contributed by atoms with Gasteiger partial charge in [-0.05, 0) is 30.7 Å². The minimum absolute atomic E-state index is 0.177. The van der Waals surface area contributed by atoms with Gasteiger partial charge in [0.25, 0.3) is 6.47 Å². The van der Waals surface area contributed by atoms with Crippen molar-refractivity contribution in [2.24, 2.45) is 0 Å². The molecule has 2 rings (SSSR count). The number of carbonyl (C=O) groups excluding carboxylic acids is 1. The summed E-state index contributed by atoms with van der Waals surface area (Å²) in [7, 11) is 0. The van der Waals surface area contributed by atoms with Crippen LogP contribution >= 0.6 is 0 Å². The van der Waals surface area contributed by atoms with Crippen molar-refractivity contribution in [1.29, 1.82) is 5.26 Å². The molecule has 5 heteroatoms. The van der Waals surface area contributed by atoms with Crippen LogP contribution in [0.4, 0.5) is 0 Å². The fourth-order valence-corrected chi connectivity index (χ4v) is 1.93. The number of nitriles is 1. The number of carbonyl (C=O) groups is 1. The maximum atomic E-state index is 10.4. The molecule has 0 amide bonds. The van der Waals surface area contributed by atoms with E-state index in [1.54, 1.807) is 18.2 Å². The molecule has 1 N–H and O–H groups in total. The molecule has 2 aromatic rings. The molecule has 1 aromatic carbocycles. The second-order valence-corrected chi connectivity index (χ2v) is 4.20. The van der Waals surface area contributed by atoms with Crippen LogP contribution in [-0.2, 0) is 9.53 Å². The van der Waals surface area contributed by atoms with Crippen molar-refractivity contribution in [3.05, 3.63) is 52.8 Å². The molecule has 1 unspecified atom stereocenters. The van der Waals surface area contributed by atoms with Crippen molar-refractivity contribution in [3.8, 4) is 6.07 Å². The molecule has 1 aromatic heterocycles. The van der Waals surface area contributed by atoms with E-state index in [4.69, 9.17) is 10.00 Å². The number of rotatable bonds is 5. The predicted molar refractivity (Wildman–Crippen MR) is 68.3 cm³/mol. The fourth-order valence-electron chi connectivity index (χ4n) is 1.93. The van der Waals surface area contributed by atoms with Gasteiger partial charge in [-0.15, -0.1) is 0 Å². The zero-order valence-corrected chi connectivity index (χ0v) is 10.5. The highest BCUT2D eigenvalue weighted by Crippen LogP contribution is 2.24. The van der Waals surface area contributed by atoms with Crippen LogP contribution < -0.4 is 0 Å². The van der Waals surface area contributed by atoms with E-state index in [1.165, 1.54) is 0 Å². The second-order valence-electron chi connectivity index (χ2n) is 4.20. The van der Waals surface area contributed by atoms with Crippen molar-refractivity contribution in [2.45, 2.75) is 12.8 Å². The Bertz CT molecular complexity index is 613. The van der Waals surface area contributed by atoms with Crippen LogP contribution in [0.5, 0.6) is 0 Å². The summed E-state index contributed by atoms with van der Waals surface area (Å²) in [4.78, 5) is 10.4. The first-order chi connectivity index (χ1) is 9.24. The molecular formula is C14H13N3O2. The molecule has 96 valence electrons. The number of ether oxygens (including phenoxy) is 1. The Kier molecular flexibility index (Phi) is 3.94. The van der Waals surface area contributed by atoms with Gasteiger partial charge in [0.1, 0.15) is 6.61 Å². The molecule has 1 atom stereocenters. The Morgan fingerprint density at radius 3 is 3.00 bits per heavy atom. The third-order valence-corrected chi connectivity index (χ3v) is 2.83. The lowest BCUT2D eigenvalue weighted by atomic mass is 9.95. The summed E-state index contributed by atoms with van der Waals surface area (Å²) in [6, 6.07) is 11.2. The van der Waals surface area contributed by atoms with Crippen LogP contribution in [0.3, 0.4) is 0 Å². The van der Waals surface area contributed by atoms with E-state index in [-0.39, 0.29) is 12.5 Å². The summed E-state index contributed by atoms with van der Waals surface area (Å²) >= 11 is 0. The largest absolute Gasteiger partial charge is 0.467 e. The Balaban J connectivity index is 2.36. The number of aryl methyl sites for hydroxylation is 1. The average molecular weight is 255 g/mol. The Labute approximate surface area is 110 Å². The van der Waals surface area contributed by atoms with Crippen LogP contribution in [-0.4, -0.2) is 23.3 Å². The summed E-state index contributed by atoms with van der Waals surface area (Å²) < 4.78 is 4.87. The topological polar surface area (TPSA) is 78.8 Å². The number of H-pyrrole nitrogens is 1. The highest BCUT2D eigenvalue weighted by Gasteiger charge is 2.18. The first-order valence-corrected chi connectivity index (χ1v) is 5.82. The maximum Gasteiger partial charge on any atom is 0.293 e. The van der Waals surface area contributed by atoms with E-state index in [0.717, 1.165) is 17.0 Å². The van der Waals surface area contributed by atoms with Gasteiger partial charge in [-0.1, -0.05) is 12.1 Å². The lowest BCUT2D eigenvalue weighted by molar-refractivity contribution is -0.128. The van der Waals surface area contributed by atoms with Crippen LogP contribution in [0, 0.1) is 18.3 Å². The van der Waals surface area contributed by atoms with Crippen molar-refractivity contribution < 1.29 is 9.53 Å². The van der Waals surface area contributed by atoms with Crippen molar-refractivity contribution in [3.63, 3.8) is 0 Å². The normalized spacial score (nSPS) is 11.6. The molecule has 0 aliphatic rings. The van der Waals surface area contributed by atoms with E-state index in [1.807, 2.05) is 19.1 Å². The summed E-state index contributed by atoms with van der Waals surface area (Å²) in [5.41, 5.74) is 3.19. The van der Waals surface area contributed by atoms with Crippen molar-refractivity contribution >= 4 is 6.47 Å². The van der Waals surface area contributed by atoms with Crippen LogP contribution in [0.2, 0.25) is 0 Å². The number of aromatic nitrogens is 2. The molecule has 0 bridgehead atoms. The molecule has 0 fully saturated rings. The van der Waals surface area contributed by atoms with E-state index in [0.29, 0.717) is 12.0 Å². The molecule has 0 spiro atoms. The summed E-state index contributed by atoms with van der Waals surface area (Å²) in [6.45, 7) is 2.52. The van der Waals surface area contributed by atoms with Crippen molar-refractivity contribution in [2.75, 3.05) is 6.61 Å². The van der Waals surface area contributed by atoms with Gasteiger partial charge in [-0.25, -0.2) is 0 Å². The third kappa shape index (κ3) is 2.99. The average Bonchev–Trinajstić information content (AvgIpc) is 2.86. The Hall–Kier alpha value is -2.61. The van der Waals surface area contributed by atoms with Gasteiger partial charge >= 0.3 is 0 Å². The van der Waals surface area contributed by atoms with E-state index in [2.05, 4.69) is 16.3 Å². The molecule has 0 radical (unpaired) electrons. The number of aromatic amines is 1. The molecule has 0 saturated heterocycles. The first kappa shape index (κ1) is 12.8. The highest BCUT2D eigenvalue weighted by atomic mass is 16.5. The Morgan fingerprint density at radius 2 is 2.37 bits per heavy atom. The Morgan fingerprint density at radius 1 is 1.53 bits per heavy atom. The SMILES string of the molecule is Cc1cc(C(COC=O)c2cccc(C#N)c2)n[nH]1. The standard InChI is InChI=1S/C14H13N3O2/c1-10-5-14(17-16-10)13(8-19-9-18)12-4-2-3-11(6-12)7-15/h2-6,9,13H,8H2,1H3,(H,16,17). The highest BCUT2D eigenvalue weighted by molar-refractivity contribution is 5.40. The molecule has 5 nitrogen and oxygen atoms in total. The van der Waals surface area contributed by atoms with Crippen LogP contribution in [0.1, 0.15) is 28.4 Å². The van der Waals surface area contributed by atoms with E-state index < -0.39 is 0 Å². The fraction of sp³-hybridized carbons (Fsp3) is 0.214. The number of hydrogen-bond acceptors (Lipinski definition) is 4. The number of nitrogens with one attached hydrogen (secondary N) is 1. The van der Waals surface area contributed by atoms with Gasteiger partial charge in [0, 0.05) is 5.69 Å². The summed E-state index contributed by atoms with van der Waals surface area (Å²) in [6.07, 6.45) is 0. The van der Waals surface area contributed by atoms with Gasteiger partial charge in [-0.2, -0.15) is 10.4 Å². The third-order valence-electron chi connectivity index (χ3n) is 2.83. The van der Waals surface area contributed by atoms with Gasteiger partial charge in [0.2, 0.25) is 0 Å². The number of hydrogen-bond donors (Lipinski definition) is 1. The van der Waals surface area contributed by atoms with Crippen LogP contribution in [0.25, 0.3) is 0 Å². The number of benzene rings is 1. The maximum absolute atomic E-state index is 10.4. The van der Waals surface area contributed by atoms with Gasteiger partial charge in [0.05, 0.1) is 23.2 Å². The zero-order valence-electron chi connectivity index (χ0n) is 10.5. The lowest BCUT2D eigenvalue weighted by Gasteiger charge is -2.14.